The summed E-state index contributed by atoms with van der Waals surface area (Å²) in [5.74, 6) is 6.05. The summed E-state index contributed by atoms with van der Waals surface area (Å²) in [4.78, 5) is 4.33. The van der Waals surface area contributed by atoms with Crippen molar-refractivity contribution in [3.63, 3.8) is 0 Å². The monoisotopic (exact) mass is 211 g/mol. The van der Waals surface area contributed by atoms with Gasteiger partial charge in [-0.25, -0.2) is 5.84 Å². The van der Waals surface area contributed by atoms with Crippen molar-refractivity contribution in [2.24, 2.45) is 10.8 Å². The summed E-state index contributed by atoms with van der Waals surface area (Å²) in [6, 6.07) is 7.58. The van der Waals surface area contributed by atoms with Crippen LogP contribution < -0.4 is 11.3 Å². The minimum absolute atomic E-state index is 0.205. The van der Waals surface area contributed by atoms with Crippen LogP contribution in [-0.2, 0) is 0 Å². The molecule has 1 aromatic rings. The Bertz CT molecular complexity index is 317. The number of aliphatic imine (C=N–C) groups is 1. The molecule has 0 aliphatic rings. The number of nitrogens with zero attached hydrogens (tertiary/aromatic N) is 1. The number of hydrazine groups is 1. The first kappa shape index (κ1) is 11.0. The van der Waals surface area contributed by atoms with E-state index in [0.717, 1.165) is 5.56 Å². The molecule has 4 heteroatoms. The highest BCUT2D eigenvalue weighted by Crippen LogP contribution is 2.09. The standard InChI is InChI=1S/C10H14ClN3/c1-7(2)13-10(14-12)8-3-5-9(11)6-4-8/h3-7H,12H2,1-2H3,(H,13,14). The van der Waals surface area contributed by atoms with Crippen molar-refractivity contribution in [3.05, 3.63) is 34.9 Å². The lowest BCUT2D eigenvalue weighted by atomic mass is 10.2. The van der Waals surface area contributed by atoms with E-state index in [9.17, 15) is 0 Å². The van der Waals surface area contributed by atoms with Crippen LogP contribution in [0.25, 0.3) is 0 Å². The number of hydrogen-bond acceptors (Lipinski definition) is 2. The fourth-order valence-corrected chi connectivity index (χ4v) is 1.19. The highest BCUT2D eigenvalue weighted by atomic mass is 35.5. The first-order chi connectivity index (χ1) is 6.63. The van der Waals surface area contributed by atoms with Gasteiger partial charge in [-0.15, -0.1) is 0 Å². The molecule has 0 aliphatic heterocycles. The Morgan fingerprint density at radius 3 is 2.36 bits per heavy atom. The minimum atomic E-state index is 0.205. The van der Waals surface area contributed by atoms with Crippen molar-refractivity contribution < 1.29 is 0 Å². The number of benzene rings is 1. The molecule has 3 N–H and O–H groups in total. The number of amidine groups is 1. The van der Waals surface area contributed by atoms with Crippen LogP contribution >= 0.6 is 11.6 Å². The fourth-order valence-electron chi connectivity index (χ4n) is 1.06. The smallest absolute Gasteiger partial charge is 0.142 e. The lowest BCUT2D eigenvalue weighted by Crippen LogP contribution is -2.31. The van der Waals surface area contributed by atoms with Gasteiger partial charge >= 0.3 is 0 Å². The Hall–Kier alpha value is -1.06. The normalized spacial score (nSPS) is 11.9. The second-order valence-electron chi connectivity index (χ2n) is 3.22. The van der Waals surface area contributed by atoms with Crippen LogP contribution in [0.1, 0.15) is 19.4 Å². The molecule has 0 saturated carbocycles. The van der Waals surface area contributed by atoms with Gasteiger partial charge in [0.1, 0.15) is 5.84 Å². The van der Waals surface area contributed by atoms with E-state index >= 15 is 0 Å². The number of halogens is 1. The van der Waals surface area contributed by atoms with Gasteiger partial charge in [-0.3, -0.25) is 4.99 Å². The molecule has 0 radical (unpaired) electrons. The lowest BCUT2D eigenvalue weighted by Gasteiger charge is -2.07. The highest BCUT2D eigenvalue weighted by molar-refractivity contribution is 6.30. The van der Waals surface area contributed by atoms with Crippen molar-refractivity contribution in [2.45, 2.75) is 19.9 Å². The Kier molecular flexibility index (Phi) is 3.92. The van der Waals surface area contributed by atoms with Gasteiger partial charge in [0.2, 0.25) is 0 Å². The van der Waals surface area contributed by atoms with Crippen molar-refractivity contribution in [1.82, 2.24) is 5.43 Å². The summed E-state index contributed by atoms with van der Waals surface area (Å²) in [5.41, 5.74) is 3.51. The maximum Gasteiger partial charge on any atom is 0.142 e. The molecule has 0 aromatic heterocycles. The van der Waals surface area contributed by atoms with Crippen LogP contribution in [0.15, 0.2) is 29.3 Å². The van der Waals surface area contributed by atoms with Crippen LogP contribution in [0, 0.1) is 0 Å². The Balaban J connectivity index is 2.95. The van der Waals surface area contributed by atoms with Crippen molar-refractivity contribution in [2.75, 3.05) is 0 Å². The molecule has 0 saturated heterocycles. The summed E-state index contributed by atoms with van der Waals surface area (Å²) in [6.45, 7) is 3.99. The predicted octanol–water partition coefficient (Wildman–Crippen LogP) is 1.96. The van der Waals surface area contributed by atoms with Gasteiger partial charge in [-0.05, 0) is 38.1 Å². The molecule has 76 valence electrons. The third-order valence-electron chi connectivity index (χ3n) is 1.64. The highest BCUT2D eigenvalue weighted by Gasteiger charge is 2.01. The molecular formula is C10H14ClN3. The molecule has 14 heavy (non-hydrogen) atoms. The van der Waals surface area contributed by atoms with Crippen LogP contribution in [0.5, 0.6) is 0 Å². The molecule has 0 atom stereocenters. The van der Waals surface area contributed by atoms with E-state index in [2.05, 4.69) is 10.4 Å². The maximum absolute atomic E-state index is 5.77. The molecule has 0 aliphatic carbocycles. The second kappa shape index (κ2) is 4.98. The van der Waals surface area contributed by atoms with Crippen LogP contribution in [0.4, 0.5) is 0 Å². The molecule has 1 rings (SSSR count). The first-order valence-electron chi connectivity index (χ1n) is 4.44. The number of nitrogens with two attached hydrogens (primary N) is 1. The maximum atomic E-state index is 5.77. The molecule has 0 heterocycles. The number of nitrogens with one attached hydrogen (secondary N) is 1. The first-order valence-corrected chi connectivity index (χ1v) is 4.81. The molecule has 0 fully saturated rings. The molecule has 1 aromatic carbocycles. The van der Waals surface area contributed by atoms with E-state index in [1.165, 1.54) is 0 Å². The number of hydrogen-bond donors (Lipinski definition) is 2. The summed E-state index contributed by atoms with van der Waals surface area (Å²) < 4.78 is 0. The van der Waals surface area contributed by atoms with Gasteiger partial charge in [0.05, 0.1) is 0 Å². The average Bonchev–Trinajstić information content (AvgIpc) is 2.15. The fraction of sp³-hybridized carbons (Fsp3) is 0.300. The quantitative estimate of drug-likeness (QED) is 0.340. The number of rotatable bonds is 2. The zero-order chi connectivity index (χ0) is 10.6. The van der Waals surface area contributed by atoms with Gasteiger partial charge in [0.25, 0.3) is 0 Å². The molecule has 0 spiro atoms. The Morgan fingerprint density at radius 2 is 1.93 bits per heavy atom. The largest absolute Gasteiger partial charge is 0.308 e. The lowest BCUT2D eigenvalue weighted by molar-refractivity contribution is 0.820. The van der Waals surface area contributed by atoms with Gasteiger partial charge in [0, 0.05) is 16.6 Å². The third-order valence-corrected chi connectivity index (χ3v) is 1.89. The van der Waals surface area contributed by atoms with E-state index in [1.807, 2.05) is 38.1 Å². The Labute approximate surface area is 88.9 Å². The van der Waals surface area contributed by atoms with Crippen LogP contribution in [0.2, 0.25) is 5.02 Å². The minimum Gasteiger partial charge on any atom is -0.308 e. The molecule has 0 amide bonds. The Morgan fingerprint density at radius 1 is 1.36 bits per heavy atom. The topological polar surface area (TPSA) is 50.4 Å². The van der Waals surface area contributed by atoms with Crippen LogP contribution in [0.3, 0.4) is 0 Å². The summed E-state index contributed by atoms with van der Waals surface area (Å²) >= 11 is 5.77. The second-order valence-corrected chi connectivity index (χ2v) is 3.66. The summed E-state index contributed by atoms with van der Waals surface area (Å²) in [7, 11) is 0. The molecule has 0 unspecified atom stereocenters. The van der Waals surface area contributed by atoms with Crippen molar-refractivity contribution in [1.29, 1.82) is 0 Å². The van der Waals surface area contributed by atoms with E-state index in [0.29, 0.717) is 10.9 Å². The van der Waals surface area contributed by atoms with E-state index in [-0.39, 0.29) is 6.04 Å². The van der Waals surface area contributed by atoms with Crippen LogP contribution in [-0.4, -0.2) is 11.9 Å². The van der Waals surface area contributed by atoms with Crippen molar-refractivity contribution >= 4 is 17.4 Å². The van der Waals surface area contributed by atoms with Gasteiger partial charge in [0.15, 0.2) is 0 Å². The van der Waals surface area contributed by atoms with E-state index < -0.39 is 0 Å². The van der Waals surface area contributed by atoms with Gasteiger partial charge in [-0.1, -0.05) is 11.6 Å². The molecule has 3 nitrogen and oxygen atoms in total. The van der Waals surface area contributed by atoms with E-state index in [4.69, 9.17) is 17.4 Å². The average molecular weight is 212 g/mol. The molecule has 0 bridgehead atoms. The van der Waals surface area contributed by atoms with Gasteiger partial charge in [-0.2, -0.15) is 0 Å². The van der Waals surface area contributed by atoms with E-state index in [1.54, 1.807) is 0 Å². The third kappa shape index (κ3) is 3.01. The summed E-state index contributed by atoms with van der Waals surface area (Å²) in [6.07, 6.45) is 0. The summed E-state index contributed by atoms with van der Waals surface area (Å²) in [5, 5.41) is 0.703. The zero-order valence-electron chi connectivity index (χ0n) is 8.29. The van der Waals surface area contributed by atoms with Gasteiger partial charge < -0.3 is 5.43 Å². The van der Waals surface area contributed by atoms with Crippen molar-refractivity contribution in [3.8, 4) is 0 Å². The SMILES string of the molecule is CC(C)N=C(NN)c1ccc(Cl)cc1. The zero-order valence-corrected chi connectivity index (χ0v) is 9.05. The predicted molar refractivity (Wildman–Crippen MR) is 60.4 cm³/mol. The molecular weight excluding hydrogens is 198 g/mol.